The van der Waals surface area contributed by atoms with Crippen molar-refractivity contribution in [1.29, 1.82) is 0 Å². The molecule has 0 atom stereocenters. The first kappa shape index (κ1) is 15.7. The number of sulfone groups is 1. The van der Waals surface area contributed by atoms with E-state index in [0.29, 0.717) is 31.6 Å². The summed E-state index contributed by atoms with van der Waals surface area (Å²) >= 11 is 0. The summed E-state index contributed by atoms with van der Waals surface area (Å²) in [4.78, 5) is 12.4. The third-order valence-electron chi connectivity index (χ3n) is 3.75. The van der Waals surface area contributed by atoms with E-state index >= 15 is 0 Å². The second-order valence-corrected chi connectivity index (χ2v) is 7.68. The molecule has 0 aromatic heterocycles. The van der Waals surface area contributed by atoms with E-state index in [1.165, 1.54) is 12.1 Å². The minimum atomic E-state index is -3.49. The van der Waals surface area contributed by atoms with Crippen LogP contribution < -0.4 is 4.90 Å². The van der Waals surface area contributed by atoms with Crippen LogP contribution in [-0.4, -0.2) is 43.4 Å². The molecule has 1 aliphatic rings. The summed E-state index contributed by atoms with van der Waals surface area (Å²) in [5, 5.41) is 21.1. The quantitative estimate of drug-likeness (QED) is 0.667. The Morgan fingerprint density at radius 3 is 2.38 bits per heavy atom. The highest BCUT2D eigenvalue weighted by atomic mass is 32.2. The molecular formula is C13H18N2O5S. The highest BCUT2D eigenvalue weighted by Crippen LogP contribution is 2.34. The van der Waals surface area contributed by atoms with Crippen LogP contribution in [0.5, 0.6) is 0 Å². The molecule has 0 bridgehead atoms. The van der Waals surface area contributed by atoms with Gasteiger partial charge in [0.25, 0.3) is 5.69 Å². The Morgan fingerprint density at radius 2 is 1.90 bits per heavy atom. The van der Waals surface area contributed by atoms with Crippen molar-refractivity contribution in [2.24, 2.45) is 0 Å². The number of hydrogen-bond acceptors (Lipinski definition) is 6. The lowest BCUT2D eigenvalue weighted by Crippen LogP contribution is -2.42. The summed E-state index contributed by atoms with van der Waals surface area (Å²) in [6, 6.07) is 3.94. The number of piperidine rings is 1. The standard InChI is InChI=1S/C13H18N2O5S/c1-13(16)5-7-14(8-6-13)11-4-3-10(21(2,19)20)9-12(11)15(17)18/h3-4,9,16H,5-8H2,1-2H3. The minimum Gasteiger partial charge on any atom is -0.390 e. The molecule has 0 saturated carbocycles. The molecule has 2 rings (SSSR count). The van der Waals surface area contributed by atoms with E-state index in [2.05, 4.69) is 0 Å². The largest absolute Gasteiger partial charge is 0.390 e. The molecule has 1 fully saturated rings. The first-order valence-corrected chi connectivity index (χ1v) is 8.45. The molecule has 1 N–H and O–H groups in total. The first-order chi connectivity index (χ1) is 9.60. The third kappa shape index (κ3) is 3.51. The molecule has 1 aromatic rings. The topological polar surface area (TPSA) is 101 Å². The van der Waals surface area contributed by atoms with Gasteiger partial charge in [-0.05, 0) is 31.9 Å². The smallest absolute Gasteiger partial charge is 0.293 e. The monoisotopic (exact) mass is 314 g/mol. The van der Waals surface area contributed by atoms with Gasteiger partial charge in [-0.1, -0.05) is 0 Å². The van der Waals surface area contributed by atoms with Crippen LogP contribution in [0.15, 0.2) is 23.1 Å². The van der Waals surface area contributed by atoms with E-state index in [1.807, 2.05) is 4.90 Å². The van der Waals surface area contributed by atoms with E-state index in [4.69, 9.17) is 0 Å². The van der Waals surface area contributed by atoms with Gasteiger partial charge < -0.3 is 10.0 Å². The summed E-state index contributed by atoms with van der Waals surface area (Å²) in [7, 11) is -3.49. The fraction of sp³-hybridized carbons (Fsp3) is 0.538. The van der Waals surface area contributed by atoms with Crippen LogP contribution in [0.25, 0.3) is 0 Å². The van der Waals surface area contributed by atoms with Crippen molar-refractivity contribution in [3.8, 4) is 0 Å². The van der Waals surface area contributed by atoms with Crippen LogP contribution in [0.4, 0.5) is 11.4 Å². The lowest BCUT2D eigenvalue weighted by atomic mass is 9.93. The summed E-state index contributed by atoms with van der Waals surface area (Å²) in [5.41, 5.74) is -0.583. The number of hydrogen-bond donors (Lipinski definition) is 1. The molecular weight excluding hydrogens is 296 g/mol. The Morgan fingerprint density at radius 1 is 1.33 bits per heavy atom. The van der Waals surface area contributed by atoms with Gasteiger partial charge in [0, 0.05) is 25.4 Å². The number of anilines is 1. The molecule has 8 heteroatoms. The molecule has 0 aliphatic carbocycles. The summed E-state index contributed by atoms with van der Waals surface area (Å²) < 4.78 is 23.0. The van der Waals surface area contributed by atoms with Crippen LogP contribution in [0, 0.1) is 10.1 Å². The molecule has 0 radical (unpaired) electrons. The molecule has 0 unspecified atom stereocenters. The van der Waals surface area contributed by atoms with Crippen molar-refractivity contribution in [2.45, 2.75) is 30.3 Å². The van der Waals surface area contributed by atoms with E-state index < -0.39 is 20.4 Å². The van der Waals surface area contributed by atoms with Crippen LogP contribution in [0.1, 0.15) is 19.8 Å². The Balaban J connectivity index is 2.38. The van der Waals surface area contributed by atoms with Gasteiger partial charge in [-0.3, -0.25) is 10.1 Å². The number of nitrogens with zero attached hydrogens (tertiary/aromatic N) is 2. The SMILES string of the molecule is CC1(O)CCN(c2ccc(S(C)(=O)=O)cc2[N+](=O)[O-])CC1. The Hall–Kier alpha value is -1.67. The molecule has 116 valence electrons. The lowest BCUT2D eigenvalue weighted by molar-refractivity contribution is -0.384. The van der Waals surface area contributed by atoms with E-state index in [-0.39, 0.29) is 10.6 Å². The maximum atomic E-state index is 11.5. The van der Waals surface area contributed by atoms with E-state index in [9.17, 15) is 23.6 Å². The first-order valence-electron chi connectivity index (χ1n) is 6.56. The third-order valence-corrected chi connectivity index (χ3v) is 4.86. The Labute approximate surface area is 123 Å². The van der Waals surface area contributed by atoms with Crippen molar-refractivity contribution in [3.63, 3.8) is 0 Å². The van der Waals surface area contributed by atoms with Crippen molar-refractivity contribution in [2.75, 3.05) is 24.2 Å². The number of nitro benzene ring substituents is 1. The lowest BCUT2D eigenvalue weighted by Gasteiger charge is -2.36. The van der Waals surface area contributed by atoms with Crippen LogP contribution in [0.3, 0.4) is 0 Å². The fourth-order valence-electron chi connectivity index (χ4n) is 2.38. The van der Waals surface area contributed by atoms with Gasteiger partial charge in [0.2, 0.25) is 0 Å². The number of benzene rings is 1. The van der Waals surface area contributed by atoms with Gasteiger partial charge in [-0.2, -0.15) is 0 Å². The maximum Gasteiger partial charge on any atom is 0.293 e. The number of nitro groups is 1. The molecule has 1 saturated heterocycles. The van der Waals surface area contributed by atoms with Crippen molar-refractivity contribution in [1.82, 2.24) is 0 Å². The van der Waals surface area contributed by atoms with Crippen molar-refractivity contribution >= 4 is 21.2 Å². The van der Waals surface area contributed by atoms with Gasteiger partial charge in [0.1, 0.15) is 5.69 Å². The molecule has 1 heterocycles. The minimum absolute atomic E-state index is 0.0676. The summed E-state index contributed by atoms with van der Waals surface area (Å²) in [6.45, 7) is 2.73. The zero-order valence-corrected chi connectivity index (χ0v) is 12.8. The van der Waals surface area contributed by atoms with Gasteiger partial charge >= 0.3 is 0 Å². The van der Waals surface area contributed by atoms with Crippen LogP contribution in [-0.2, 0) is 9.84 Å². The predicted octanol–water partition coefficient (Wildman–Crippen LogP) is 1.35. The summed E-state index contributed by atoms with van der Waals surface area (Å²) in [6.07, 6.45) is 2.04. The van der Waals surface area contributed by atoms with E-state index in [0.717, 1.165) is 12.3 Å². The van der Waals surface area contributed by atoms with Gasteiger partial charge in [-0.15, -0.1) is 0 Å². The highest BCUT2D eigenvalue weighted by molar-refractivity contribution is 7.90. The second kappa shape index (κ2) is 5.27. The highest BCUT2D eigenvalue weighted by Gasteiger charge is 2.30. The molecule has 1 aliphatic heterocycles. The van der Waals surface area contributed by atoms with Crippen molar-refractivity contribution in [3.05, 3.63) is 28.3 Å². The summed E-state index contributed by atoms with van der Waals surface area (Å²) in [5.74, 6) is 0. The Kier molecular flexibility index (Phi) is 3.94. The molecule has 0 amide bonds. The van der Waals surface area contributed by atoms with Gasteiger partial charge in [0.15, 0.2) is 9.84 Å². The maximum absolute atomic E-state index is 11.5. The zero-order chi connectivity index (χ0) is 15.8. The number of rotatable bonds is 3. The van der Waals surface area contributed by atoms with Gasteiger partial charge in [-0.25, -0.2) is 8.42 Å². The molecule has 7 nitrogen and oxygen atoms in total. The van der Waals surface area contributed by atoms with E-state index in [1.54, 1.807) is 6.92 Å². The van der Waals surface area contributed by atoms with Gasteiger partial charge in [0.05, 0.1) is 15.4 Å². The zero-order valence-electron chi connectivity index (χ0n) is 11.9. The predicted molar refractivity (Wildman–Crippen MR) is 78.3 cm³/mol. The van der Waals surface area contributed by atoms with Crippen LogP contribution in [0.2, 0.25) is 0 Å². The second-order valence-electron chi connectivity index (χ2n) is 5.66. The average Bonchev–Trinajstić information content (AvgIpc) is 2.37. The molecule has 1 aromatic carbocycles. The number of aliphatic hydroxyl groups is 1. The molecule has 21 heavy (non-hydrogen) atoms. The Bertz CT molecular complexity index is 659. The normalized spacial score (nSPS) is 18.5. The average molecular weight is 314 g/mol. The molecule has 0 spiro atoms. The fourth-order valence-corrected chi connectivity index (χ4v) is 3.02. The van der Waals surface area contributed by atoms with Crippen molar-refractivity contribution < 1.29 is 18.4 Å². The van der Waals surface area contributed by atoms with Crippen LogP contribution >= 0.6 is 0 Å².